The van der Waals surface area contributed by atoms with Gasteiger partial charge in [-0.15, -0.1) is 10.2 Å². The molecule has 2 heterocycles. The van der Waals surface area contributed by atoms with E-state index < -0.39 is 63.1 Å². The second-order valence-corrected chi connectivity index (χ2v) is 4.74. The molecule has 0 aliphatic carbocycles. The molecule has 0 fully saturated rings. The molecule has 0 atom stereocenters. The number of carboxylic acid groups (broad SMARTS) is 2. The van der Waals surface area contributed by atoms with Gasteiger partial charge < -0.3 is 10.2 Å². The fourth-order valence-corrected chi connectivity index (χ4v) is 2.04. The summed E-state index contributed by atoms with van der Waals surface area (Å²) in [5.41, 5.74) is -5.39. The molecule has 0 bridgehead atoms. The average molecular weight is 356 g/mol. The zero-order valence-electron chi connectivity index (χ0n) is 11.9. The van der Waals surface area contributed by atoms with E-state index in [1.165, 1.54) is 0 Å². The van der Waals surface area contributed by atoms with Crippen LogP contribution in [0.15, 0.2) is 0 Å². The van der Waals surface area contributed by atoms with E-state index in [2.05, 4.69) is 30.8 Å². The highest BCUT2D eigenvalue weighted by molar-refractivity contribution is 5.86. The van der Waals surface area contributed by atoms with Gasteiger partial charge >= 0.3 is 17.6 Å². The van der Waals surface area contributed by atoms with Gasteiger partial charge in [-0.2, -0.15) is 0 Å². The Morgan fingerprint density at radius 2 is 1.28 bits per heavy atom. The molecule has 0 amide bonds. The Labute approximate surface area is 135 Å². The first-order valence-corrected chi connectivity index (χ1v) is 6.24. The minimum absolute atomic E-state index is 0.467. The van der Waals surface area contributed by atoms with Crippen molar-refractivity contribution in [2.75, 3.05) is 0 Å². The molecule has 0 radical (unpaired) electrons. The molecule has 0 aliphatic heterocycles. The van der Waals surface area contributed by atoms with Crippen LogP contribution in [0.1, 0.15) is 32.4 Å². The number of nitro groups is 2. The van der Waals surface area contributed by atoms with E-state index in [0.717, 1.165) is 0 Å². The van der Waals surface area contributed by atoms with Crippen molar-refractivity contribution in [1.29, 1.82) is 0 Å². The molecule has 2 rings (SSSR count). The number of aromatic carboxylic acids is 2. The van der Waals surface area contributed by atoms with Crippen molar-refractivity contribution in [3.63, 3.8) is 0 Å². The van der Waals surface area contributed by atoms with Crippen LogP contribution < -0.4 is 0 Å². The topological polar surface area (TPSA) is 244 Å². The average Bonchev–Trinajstić information content (AvgIpc) is 3.14. The number of carboxylic acids is 2. The summed E-state index contributed by atoms with van der Waals surface area (Å²) in [5, 5.41) is 57.6. The van der Waals surface area contributed by atoms with Crippen molar-refractivity contribution in [2.24, 2.45) is 0 Å². The maximum Gasteiger partial charge on any atom is 0.469 e. The molecule has 16 heteroatoms. The molecular formula is C9H8N8O8. The van der Waals surface area contributed by atoms with Crippen LogP contribution in [0.5, 0.6) is 0 Å². The summed E-state index contributed by atoms with van der Waals surface area (Å²) in [6, 6.07) is 0. The highest BCUT2D eigenvalue weighted by atomic mass is 16.7. The Balaban J connectivity index is 2.51. The Morgan fingerprint density at radius 1 is 0.920 bits per heavy atom. The van der Waals surface area contributed by atoms with Gasteiger partial charge in [-0.1, -0.05) is 10.4 Å². The van der Waals surface area contributed by atoms with E-state index >= 15 is 0 Å². The highest BCUT2D eigenvalue weighted by Gasteiger charge is 2.58. The minimum Gasteiger partial charge on any atom is -0.476 e. The number of aromatic amines is 2. The van der Waals surface area contributed by atoms with E-state index in [0.29, 0.717) is 0 Å². The van der Waals surface area contributed by atoms with Crippen LogP contribution in [-0.2, 0) is 12.8 Å². The van der Waals surface area contributed by atoms with Crippen LogP contribution in [-0.4, -0.2) is 68.5 Å². The van der Waals surface area contributed by atoms with Crippen molar-refractivity contribution >= 4 is 11.9 Å². The molecule has 4 N–H and O–H groups in total. The van der Waals surface area contributed by atoms with Gasteiger partial charge in [-0.05, 0) is 0 Å². The smallest absolute Gasteiger partial charge is 0.469 e. The lowest BCUT2D eigenvalue weighted by Crippen LogP contribution is -2.51. The molecule has 0 unspecified atom stereocenters. The predicted octanol–water partition coefficient (Wildman–Crippen LogP) is -1.65. The zero-order valence-corrected chi connectivity index (χ0v) is 11.9. The summed E-state index contributed by atoms with van der Waals surface area (Å²) in [6.07, 6.45) is -2.08. The highest BCUT2D eigenvalue weighted by Crippen LogP contribution is 2.24. The molecule has 0 aromatic carbocycles. The summed E-state index contributed by atoms with van der Waals surface area (Å²) < 4.78 is 0. The number of carbonyl (C=O) groups is 2. The van der Waals surface area contributed by atoms with Crippen LogP contribution in [0.2, 0.25) is 0 Å². The second-order valence-electron chi connectivity index (χ2n) is 4.74. The minimum atomic E-state index is -3.00. The first-order chi connectivity index (χ1) is 11.7. The molecule has 0 aliphatic rings. The largest absolute Gasteiger partial charge is 0.476 e. The van der Waals surface area contributed by atoms with E-state index in [-0.39, 0.29) is 0 Å². The standard InChI is InChI=1S/C9H8N8O8/c18-7(19)5-3(10-14-12-5)1-9(16(22)23,17(24)25)2-4-6(8(20)21)13-15-11-4/h1-2H2,(H,18,19)(H,20,21)(H,10,12,14)(H,11,13,15). The maximum atomic E-state index is 11.4. The maximum absolute atomic E-state index is 11.4. The first-order valence-electron chi connectivity index (χ1n) is 6.24. The Bertz CT molecular complexity index is 785. The molecule has 0 saturated carbocycles. The van der Waals surface area contributed by atoms with Crippen molar-refractivity contribution < 1.29 is 29.6 Å². The fraction of sp³-hybridized carbons (Fsp3) is 0.333. The summed E-state index contributed by atoms with van der Waals surface area (Å²) in [5.74, 6) is -3.20. The van der Waals surface area contributed by atoms with Gasteiger partial charge in [-0.25, -0.2) is 9.59 Å². The molecule has 132 valence electrons. The molecule has 2 aromatic heterocycles. The number of nitrogens with zero attached hydrogens (tertiary/aromatic N) is 6. The molecule has 2 aromatic rings. The summed E-state index contributed by atoms with van der Waals surface area (Å²) in [7, 11) is 0. The summed E-state index contributed by atoms with van der Waals surface area (Å²) >= 11 is 0. The first kappa shape index (κ1) is 17.4. The third-order valence-corrected chi connectivity index (χ3v) is 3.25. The van der Waals surface area contributed by atoms with Crippen molar-refractivity contribution in [2.45, 2.75) is 18.5 Å². The molecule has 16 nitrogen and oxygen atoms in total. The zero-order chi connectivity index (χ0) is 18.8. The SMILES string of the molecule is O=C(O)c1nn[nH]c1CC(Cc1[nH]nnc1C(=O)O)([N+](=O)[O-])[N+](=O)[O-]. The van der Waals surface area contributed by atoms with E-state index in [4.69, 9.17) is 10.2 Å². The van der Waals surface area contributed by atoms with Gasteiger partial charge in [0.25, 0.3) is 0 Å². The van der Waals surface area contributed by atoms with Crippen molar-refractivity contribution in [1.82, 2.24) is 30.8 Å². The second kappa shape index (κ2) is 6.26. The lowest BCUT2D eigenvalue weighted by atomic mass is 9.97. The van der Waals surface area contributed by atoms with Gasteiger partial charge in [-0.3, -0.25) is 30.4 Å². The third-order valence-electron chi connectivity index (χ3n) is 3.25. The number of nitrogens with one attached hydrogen (secondary N) is 2. The van der Waals surface area contributed by atoms with E-state index in [1.807, 2.05) is 0 Å². The third kappa shape index (κ3) is 3.07. The Hall–Kier alpha value is -3.98. The fourth-order valence-electron chi connectivity index (χ4n) is 2.04. The van der Waals surface area contributed by atoms with Crippen LogP contribution in [0, 0.1) is 20.2 Å². The number of hydrogen-bond donors (Lipinski definition) is 4. The normalized spacial score (nSPS) is 11.2. The van der Waals surface area contributed by atoms with E-state index in [1.54, 1.807) is 0 Å². The Morgan fingerprint density at radius 3 is 1.56 bits per heavy atom. The monoisotopic (exact) mass is 356 g/mol. The van der Waals surface area contributed by atoms with Crippen molar-refractivity contribution in [3.05, 3.63) is 43.0 Å². The molecule has 25 heavy (non-hydrogen) atoms. The number of rotatable bonds is 8. The van der Waals surface area contributed by atoms with E-state index in [9.17, 15) is 29.8 Å². The van der Waals surface area contributed by atoms with Gasteiger partial charge in [0.05, 0.1) is 21.2 Å². The summed E-state index contributed by atoms with van der Waals surface area (Å²) in [4.78, 5) is 42.4. The van der Waals surface area contributed by atoms with Crippen LogP contribution in [0.4, 0.5) is 0 Å². The predicted molar refractivity (Wildman–Crippen MR) is 70.8 cm³/mol. The number of H-pyrrole nitrogens is 2. The molecule has 0 saturated heterocycles. The van der Waals surface area contributed by atoms with Crippen LogP contribution in [0.3, 0.4) is 0 Å². The van der Waals surface area contributed by atoms with Gasteiger partial charge in [0.1, 0.15) is 12.8 Å². The van der Waals surface area contributed by atoms with Gasteiger partial charge in [0, 0.05) is 0 Å². The quantitative estimate of drug-likeness (QED) is 0.236. The Kier molecular flexibility index (Phi) is 4.35. The molecule has 0 spiro atoms. The number of aromatic nitrogens is 6. The lowest BCUT2D eigenvalue weighted by Gasteiger charge is -2.16. The molecular weight excluding hydrogens is 348 g/mol. The van der Waals surface area contributed by atoms with Crippen LogP contribution in [0.25, 0.3) is 0 Å². The van der Waals surface area contributed by atoms with Gasteiger partial charge in [0.15, 0.2) is 11.4 Å². The van der Waals surface area contributed by atoms with Crippen molar-refractivity contribution in [3.8, 4) is 0 Å². The lowest BCUT2D eigenvalue weighted by molar-refractivity contribution is -0.796. The number of hydrogen-bond acceptors (Lipinski definition) is 10. The van der Waals surface area contributed by atoms with Gasteiger partial charge in [0.2, 0.25) is 0 Å². The summed E-state index contributed by atoms with van der Waals surface area (Å²) in [6.45, 7) is 0. The van der Waals surface area contributed by atoms with Crippen LogP contribution >= 0.6 is 0 Å².